The van der Waals surface area contributed by atoms with E-state index in [-0.39, 0.29) is 18.3 Å². The van der Waals surface area contributed by atoms with Gasteiger partial charge in [0.15, 0.2) is 6.61 Å². The SMILES string of the molecule is CC[C@H](C)c1ccccc1NC(=O)COC(=O)CSc1ccccc1. The van der Waals surface area contributed by atoms with Crippen LogP contribution < -0.4 is 5.32 Å². The van der Waals surface area contributed by atoms with E-state index in [2.05, 4.69) is 19.2 Å². The van der Waals surface area contributed by atoms with Crippen LogP contribution in [-0.2, 0) is 14.3 Å². The van der Waals surface area contributed by atoms with Crippen LogP contribution in [0.5, 0.6) is 0 Å². The Morgan fingerprint density at radius 1 is 1.08 bits per heavy atom. The van der Waals surface area contributed by atoms with Gasteiger partial charge in [-0.2, -0.15) is 0 Å². The molecule has 0 saturated carbocycles. The molecule has 4 nitrogen and oxygen atoms in total. The molecule has 0 saturated heterocycles. The molecule has 0 unspecified atom stereocenters. The second kappa shape index (κ2) is 9.89. The Bertz CT molecular complexity index is 703. The lowest BCUT2D eigenvalue weighted by Gasteiger charge is -2.15. The van der Waals surface area contributed by atoms with Gasteiger partial charge in [-0.25, -0.2) is 0 Å². The zero-order valence-corrected chi connectivity index (χ0v) is 15.3. The Balaban J connectivity index is 1.80. The van der Waals surface area contributed by atoms with Gasteiger partial charge >= 0.3 is 5.97 Å². The van der Waals surface area contributed by atoms with E-state index in [1.807, 2.05) is 54.6 Å². The van der Waals surface area contributed by atoms with E-state index >= 15 is 0 Å². The minimum Gasteiger partial charge on any atom is -0.455 e. The molecule has 0 aliphatic rings. The zero-order chi connectivity index (χ0) is 18.1. The van der Waals surface area contributed by atoms with Gasteiger partial charge in [0.05, 0.1) is 5.75 Å². The van der Waals surface area contributed by atoms with Crippen molar-refractivity contribution in [3.8, 4) is 0 Å². The third-order valence-corrected chi connectivity index (χ3v) is 4.83. The smallest absolute Gasteiger partial charge is 0.316 e. The molecule has 2 aromatic carbocycles. The number of hydrogen-bond donors (Lipinski definition) is 1. The van der Waals surface area contributed by atoms with Crippen LogP contribution in [0.2, 0.25) is 0 Å². The summed E-state index contributed by atoms with van der Waals surface area (Å²) in [6, 6.07) is 17.3. The summed E-state index contributed by atoms with van der Waals surface area (Å²) in [4.78, 5) is 24.8. The Morgan fingerprint density at radius 2 is 1.76 bits per heavy atom. The number of nitrogens with one attached hydrogen (secondary N) is 1. The standard InChI is InChI=1S/C20H23NO3S/c1-3-15(2)17-11-7-8-12-18(17)21-19(22)13-24-20(23)14-25-16-9-5-4-6-10-16/h4-12,15H,3,13-14H2,1-2H3,(H,21,22)/t15-/m0/s1. The van der Waals surface area contributed by atoms with E-state index in [1.54, 1.807) is 0 Å². The van der Waals surface area contributed by atoms with Gasteiger partial charge in [-0.05, 0) is 36.1 Å². The molecule has 2 rings (SSSR count). The van der Waals surface area contributed by atoms with E-state index in [0.29, 0.717) is 5.92 Å². The van der Waals surface area contributed by atoms with Crippen molar-refractivity contribution in [1.29, 1.82) is 0 Å². The van der Waals surface area contributed by atoms with Crippen molar-refractivity contribution in [3.05, 3.63) is 60.2 Å². The molecule has 25 heavy (non-hydrogen) atoms. The van der Waals surface area contributed by atoms with E-state index in [9.17, 15) is 9.59 Å². The average Bonchev–Trinajstić information content (AvgIpc) is 2.65. The van der Waals surface area contributed by atoms with Gasteiger partial charge in [0, 0.05) is 10.6 Å². The van der Waals surface area contributed by atoms with Crippen molar-refractivity contribution in [2.45, 2.75) is 31.1 Å². The summed E-state index contributed by atoms with van der Waals surface area (Å²) in [7, 11) is 0. The number of hydrogen-bond acceptors (Lipinski definition) is 4. The highest BCUT2D eigenvalue weighted by atomic mass is 32.2. The minimum atomic E-state index is -0.404. The molecule has 0 aliphatic heterocycles. The van der Waals surface area contributed by atoms with Gasteiger partial charge in [-0.3, -0.25) is 9.59 Å². The molecule has 5 heteroatoms. The second-order valence-electron chi connectivity index (χ2n) is 5.71. The van der Waals surface area contributed by atoms with Gasteiger partial charge in [-0.15, -0.1) is 11.8 Å². The fourth-order valence-electron chi connectivity index (χ4n) is 2.29. The van der Waals surface area contributed by atoms with Gasteiger partial charge in [0.2, 0.25) is 0 Å². The molecular weight excluding hydrogens is 334 g/mol. The van der Waals surface area contributed by atoms with Crippen molar-refractivity contribution >= 4 is 29.3 Å². The second-order valence-corrected chi connectivity index (χ2v) is 6.76. The Hall–Kier alpha value is -2.27. The maximum atomic E-state index is 12.1. The number of ether oxygens (including phenoxy) is 1. The highest BCUT2D eigenvalue weighted by Crippen LogP contribution is 2.26. The van der Waals surface area contributed by atoms with Crippen molar-refractivity contribution in [2.75, 3.05) is 17.7 Å². The normalized spacial score (nSPS) is 11.6. The number of carbonyl (C=O) groups is 2. The summed E-state index contributed by atoms with van der Waals surface area (Å²) < 4.78 is 5.05. The quantitative estimate of drug-likeness (QED) is 0.559. The molecule has 0 fully saturated rings. The topological polar surface area (TPSA) is 55.4 Å². The predicted octanol–water partition coefficient (Wildman–Crippen LogP) is 4.47. The van der Waals surface area contributed by atoms with Crippen LogP contribution in [0.15, 0.2) is 59.5 Å². The Morgan fingerprint density at radius 3 is 2.48 bits per heavy atom. The van der Waals surface area contributed by atoms with Crippen LogP contribution in [0.3, 0.4) is 0 Å². The van der Waals surface area contributed by atoms with E-state index in [0.717, 1.165) is 22.6 Å². The zero-order valence-electron chi connectivity index (χ0n) is 14.5. The van der Waals surface area contributed by atoms with Gasteiger partial charge in [0.25, 0.3) is 5.91 Å². The average molecular weight is 357 g/mol. The minimum absolute atomic E-state index is 0.181. The number of thioether (sulfide) groups is 1. The number of rotatable bonds is 8. The molecule has 0 aromatic heterocycles. The summed E-state index contributed by atoms with van der Waals surface area (Å²) in [6.45, 7) is 3.95. The first kappa shape index (κ1) is 19.1. The number of amides is 1. The molecule has 132 valence electrons. The van der Waals surface area contributed by atoms with Crippen molar-refractivity contribution < 1.29 is 14.3 Å². The molecule has 2 aromatic rings. The van der Waals surface area contributed by atoms with Gasteiger partial charge in [0.1, 0.15) is 0 Å². The van der Waals surface area contributed by atoms with Crippen molar-refractivity contribution in [2.24, 2.45) is 0 Å². The summed E-state index contributed by atoms with van der Waals surface area (Å²) >= 11 is 1.39. The van der Waals surface area contributed by atoms with Crippen LogP contribution in [0.4, 0.5) is 5.69 Å². The Labute approximate surface area is 153 Å². The molecule has 0 aliphatic carbocycles. The van der Waals surface area contributed by atoms with E-state index < -0.39 is 5.97 Å². The van der Waals surface area contributed by atoms with Crippen LogP contribution in [0.25, 0.3) is 0 Å². The number of esters is 1. The highest BCUT2D eigenvalue weighted by Gasteiger charge is 2.12. The van der Waals surface area contributed by atoms with Gasteiger partial charge < -0.3 is 10.1 Å². The lowest BCUT2D eigenvalue weighted by atomic mass is 9.97. The maximum Gasteiger partial charge on any atom is 0.316 e. The summed E-state index contributed by atoms with van der Waals surface area (Å²) in [6.07, 6.45) is 0.985. The van der Waals surface area contributed by atoms with E-state index in [1.165, 1.54) is 11.8 Å². The van der Waals surface area contributed by atoms with Crippen LogP contribution >= 0.6 is 11.8 Å². The Kier molecular flexibility index (Phi) is 7.54. The molecule has 0 radical (unpaired) electrons. The first-order valence-electron chi connectivity index (χ1n) is 8.32. The number of para-hydroxylation sites is 1. The summed E-state index contributed by atoms with van der Waals surface area (Å²) in [5.74, 6) is -0.199. The largest absolute Gasteiger partial charge is 0.455 e. The lowest BCUT2D eigenvalue weighted by Crippen LogP contribution is -2.22. The third kappa shape index (κ3) is 6.27. The lowest BCUT2D eigenvalue weighted by molar-refractivity contribution is -0.144. The molecule has 1 N–H and O–H groups in total. The van der Waals surface area contributed by atoms with Crippen LogP contribution in [0, 0.1) is 0 Å². The van der Waals surface area contributed by atoms with Crippen molar-refractivity contribution in [3.63, 3.8) is 0 Å². The third-order valence-electron chi connectivity index (χ3n) is 3.84. The number of anilines is 1. The molecule has 0 heterocycles. The number of carbonyl (C=O) groups excluding carboxylic acids is 2. The van der Waals surface area contributed by atoms with Gasteiger partial charge in [-0.1, -0.05) is 50.2 Å². The summed E-state index contributed by atoms with van der Waals surface area (Å²) in [5, 5.41) is 2.83. The molecular formula is C20H23NO3S. The number of benzene rings is 2. The molecule has 1 atom stereocenters. The van der Waals surface area contributed by atoms with Crippen LogP contribution in [0.1, 0.15) is 31.7 Å². The first-order valence-corrected chi connectivity index (χ1v) is 9.31. The first-order chi connectivity index (χ1) is 12.1. The van der Waals surface area contributed by atoms with Crippen molar-refractivity contribution in [1.82, 2.24) is 0 Å². The molecule has 0 spiro atoms. The monoisotopic (exact) mass is 357 g/mol. The fourth-order valence-corrected chi connectivity index (χ4v) is 3.01. The maximum absolute atomic E-state index is 12.1. The molecule has 0 bridgehead atoms. The summed E-state index contributed by atoms with van der Waals surface area (Å²) in [5.41, 5.74) is 1.86. The fraction of sp³-hybridized carbons (Fsp3) is 0.300. The highest BCUT2D eigenvalue weighted by molar-refractivity contribution is 8.00. The van der Waals surface area contributed by atoms with E-state index in [4.69, 9.17) is 4.74 Å². The predicted molar refractivity (Wildman–Crippen MR) is 102 cm³/mol. The van der Waals surface area contributed by atoms with Crippen LogP contribution in [-0.4, -0.2) is 24.2 Å². The molecule has 1 amide bonds.